The molecule has 0 heterocycles. The number of esters is 1. The quantitative estimate of drug-likeness (QED) is 0.796. The molecule has 0 saturated carbocycles. The number of methoxy groups -OCH3 is 1. The highest BCUT2D eigenvalue weighted by molar-refractivity contribution is 5.83. The van der Waals surface area contributed by atoms with E-state index in [4.69, 9.17) is 5.26 Å². The minimum Gasteiger partial charge on any atom is -0.467 e. The van der Waals surface area contributed by atoms with Crippen molar-refractivity contribution in [2.75, 3.05) is 7.11 Å². The highest BCUT2D eigenvalue weighted by atomic mass is 16.5. The van der Waals surface area contributed by atoms with Crippen LogP contribution in [0.1, 0.15) is 18.1 Å². The molecule has 0 saturated heterocycles. The van der Waals surface area contributed by atoms with Gasteiger partial charge in [-0.1, -0.05) is 18.2 Å². The van der Waals surface area contributed by atoms with Gasteiger partial charge in [-0.05, 0) is 11.6 Å². The van der Waals surface area contributed by atoms with Crippen LogP contribution < -0.4 is 5.32 Å². The number of rotatable bonds is 4. The fourth-order valence-corrected chi connectivity index (χ4v) is 1.61. The molecule has 0 aliphatic rings. The summed E-state index contributed by atoms with van der Waals surface area (Å²) in [7, 11) is 1.26. The molecule has 1 atom stereocenters. The topological polar surface area (TPSA) is 79.2 Å². The maximum absolute atomic E-state index is 11.5. The number of carbonyl (C=O) groups excluding carboxylic acids is 2. The first-order valence-electron chi connectivity index (χ1n) is 5.41. The number of benzene rings is 1. The van der Waals surface area contributed by atoms with Crippen molar-refractivity contribution in [2.24, 2.45) is 0 Å². The van der Waals surface area contributed by atoms with Crippen LogP contribution in [0.15, 0.2) is 24.3 Å². The molecule has 18 heavy (non-hydrogen) atoms. The summed E-state index contributed by atoms with van der Waals surface area (Å²) in [6.07, 6.45) is 0.232. The van der Waals surface area contributed by atoms with E-state index in [0.29, 0.717) is 11.1 Å². The van der Waals surface area contributed by atoms with Gasteiger partial charge >= 0.3 is 5.97 Å². The molecule has 0 spiro atoms. The lowest BCUT2D eigenvalue weighted by Gasteiger charge is -2.15. The second kappa shape index (κ2) is 6.40. The summed E-state index contributed by atoms with van der Waals surface area (Å²) in [4.78, 5) is 22.6. The number of nitrogens with zero attached hydrogens (tertiary/aromatic N) is 1. The average Bonchev–Trinajstić information content (AvgIpc) is 2.37. The number of nitrogens with one attached hydrogen (secondary N) is 1. The molecule has 0 aliphatic carbocycles. The zero-order chi connectivity index (χ0) is 13.5. The van der Waals surface area contributed by atoms with Crippen LogP contribution >= 0.6 is 0 Å². The molecular weight excluding hydrogens is 232 g/mol. The lowest BCUT2D eigenvalue weighted by atomic mass is 10.0. The van der Waals surface area contributed by atoms with E-state index in [2.05, 4.69) is 10.1 Å². The number of hydrogen-bond donors (Lipinski definition) is 1. The van der Waals surface area contributed by atoms with Crippen LogP contribution in [0.3, 0.4) is 0 Å². The Bertz CT molecular complexity index is 491. The monoisotopic (exact) mass is 246 g/mol. The van der Waals surface area contributed by atoms with Crippen LogP contribution in [-0.2, 0) is 20.7 Å². The van der Waals surface area contributed by atoms with E-state index in [-0.39, 0.29) is 12.3 Å². The normalized spacial score (nSPS) is 11.2. The predicted octanol–water partition coefficient (Wildman–Crippen LogP) is 0.778. The lowest BCUT2D eigenvalue weighted by Crippen LogP contribution is -2.42. The molecule has 0 aliphatic heterocycles. The van der Waals surface area contributed by atoms with E-state index < -0.39 is 12.0 Å². The third-order valence-electron chi connectivity index (χ3n) is 2.43. The summed E-state index contributed by atoms with van der Waals surface area (Å²) in [6.45, 7) is 1.33. The van der Waals surface area contributed by atoms with Crippen LogP contribution in [0.5, 0.6) is 0 Å². The molecule has 0 unspecified atom stereocenters. The van der Waals surface area contributed by atoms with Crippen LogP contribution in [0.25, 0.3) is 0 Å². The van der Waals surface area contributed by atoms with Crippen molar-refractivity contribution in [3.63, 3.8) is 0 Å². The molecule has 1 aromatic rings. The molecule has 0 bridgehead atoms. The van der Waals surface area contributed by atoms with Crippen molar-refractivity contribution in [2.45, 2.75) is 19.4 Å². The van der Waals surface area contributed by atoms with Crippen molar-refractivity contribution in [1.82, 2.24) is 5.32 Å². The van der Waals surface area contributed by atoms with E-state index in [1.54, 1.807) is 24.3 Å². The summed E-state index contributed by atoms with van der Waals surface area (Å²) in [5.74, 6) is -0.849. The van der Waals surface area contributed by atoms with Crippen LogP contribution in [0.4, 0.5) is 0 Å². The average molecular weight is 246 g/mol. The van der Waals surface area contributed by atoms with Gasteiger partial charge in [0.15, 0.2) is 0 Å². The maximum Gasteiger partial charge on any atom is 0.328 e. The summed E-state index contributed by atoms with van der Waals surface area (Å²) in [5.41, 5.74) is 1.18. The molecular formula is C13H14N2O3. The van der Waals surface area contributed by atoms with Gasteiger partial charge in [0.05, 0.1) is 18.7 Å². The molecule has 0 fully saturated rings. The first-order chi connectivity index (χ1) is 8.58. The molecule has 1 amide bonds. The number of carbonyl (C=O) groups is 2. The number of ether oxygens (including phenoxy) is 1. The van der Waals surface area contributed by atoms with Crippen molar-refractivity contribution in [1.29, 1.82) is 5.26 Å². The molecule has 1 rings (SSSR count). The second-order valence-corrected chi connectivity index (χ2v) is 3.75. The van der Waals surface area contributed by atoms with E-state index in [9.17, 15) is 9.59 Å². The summed E-state index contributed by atoms with van der Waals surface area (Å²) in [5, 5.41) is 11.5. The zero-order valence-electron chi connectivity index (χ0n) is 10.3. The van der Waals surface area contributed by atoms with Crippen LogP contribution in [0, 0.1) is 11.3 Å². The van der Waals surface area contributed by atoms with Crippen molar-refractivity contribution in [3.8, 4) is 6.07 Å². The van der Waals surface area contributed by atoms with Crippen LogP contribution in [0.2, 0.25) is 0 Å². The van der Waals surface area contributed by atoms with Crippen molar-refractivity contribution in [3.05, 3.63) is 35.4 Å². The summed E-state index contributed by atoms with van der Waals surface area (Å²) in [6, 6.07) is 8.20. The SMILES string of the molecule is COC(=O)[C@@H](Cc1ccccc1C#N)NC(C)=O. The molecule has 5 heteroatoms. The Kier molecular flexibility index (Phi) is 4.88. The highest BCUT2D eigenvalue weighted by Crippen LogP contribution is 2.10. The zero-order valence-corrected chi connectivity index (χ0v) is 10.3. The molecule has 1 aromatic carbocycles. The third kappa shape index (κ3) is 3.59. The number of amides is 1. The van der Waals surface area contributed by atoms with Gasteiger partial charge < -0.3 is 10.1 Å². The Labute approximate surface area is 105 Å². The molecule has 94 valence electrons. The lowest BCUT2D eigenvalue weighted by molar-refractivity contribution is -0.144. The Morgan fingerprint density at radius 2 is 2.11 bits per heavy atom. The Morgan fingerprint density at radius 1 is 1.44 bits per heavy atom. The van der Waals surface area contributed by atoms with Gasteiger partial charge in [-0.25, -0.2) is 4.79 Å². The largest absolute Gasteiger partial charge is 0.467 e. The first-order valence-corrected chi connectivity index (χ1v) is 5.41. The van der Waals surface area contributed by atoms with Crippen LogP contribution in [-0.4, -0.2) is 25.0 Å². The van der Waals surface area contributed by atoms with E-state index in [1.165, 1.54) is 14.0 Å². The third-order valence-corrected chi connectivity index (χ3v) is 2.43. The Morgan fingerprint density at radius 3 is 2.67 bits per heavy atom. The molecule has 0 aromatic heterocycles. The molecule has 5 nitrogen and oxygen atoms in total. The van der Waals surface area contributed by atoms with Gasteiger partial charge in [-0.3, -0.25) is 4.79 Å². The molecule has 0 radical (unpaired) electrons. The van der Waals surface area contributed by atoms with Crippen molar-refractivity contribution >= 4 is 11.9 Å². The van der Waals surface area contributed by atoms with E-state index in [1.807, 2.05) is 6.07 Å². The fourth-order valence-electron chi connectivity index (χ4n) is 1.61. The second-order valence-electron chi connectivity index (χ2n) is 3.75. The fraction of sp³-hybridized carbons (Fsp3) is 0.308. The number of nitriles is 1. The molecule has 1 N–H and O–H groups in total. The summed E-state index contributed by atoms with van der Waals surface area (Å²) >= 11 is 0. The van der Waals surface area contributed by atoms with Gasteiger partial charge in [0, 0.05) is 13.3 Å². The minimum atomic E-state index is -0.776. The summed E-state index contributed by atoms with van der Waals surface area (Å²) < 4.78 is 4.62. The smallest absolute Gasteiger partial charge is 0.328 e. The Balaban J connectivity index is 2.92. The van der Waals surface area contributed by atoms with Crippen molar-refractivity contribution < 1.29 is 14.3 Å². The van der Waals surface area contributed by atoms with Gasteiger partial charge in [-0.2, -0.15) is 5.26 Å². The first kappa shape index (κ1) is 13.7. The highest BCUT2D eigenvalue weighted by Gasteiger charge is 2.21. The maximum atomic E-state index is 11.5. The van der Waals surface area contributed by atoms with Gasteiger partial charge in [0.1, 0.15) is 6.04 Å². The van der Waals surface area contributed by atoms with Gasteiger partial charge in [0.25, 0.3) is 0 Å². The van der Waals surface area contributed by atoms with Gasteiger partial charge in [-0.15, -0.1) is 0 Å². The van der Waals surface area contributed by atoms with Gasteiger partial charge in [0.2, 0.25) is 5.91 Å². The van der Waals surface area contributed by atoms with E-state index >= 15 is 0 Å². The predicted molar refractivity (Wildman–Crippen MR) is 64.5 cm³/mol. The number of hydrogen-bond acceptors (Lipinski definition) is 4. The standard InChI is InChI=1S/C13H14N2O3/c1-9(16)15-12(13(17)18-2)7-10-5-3-4-6-11(10)8-14/h3-6,12H,7H2,1-2H3,(H,15,16)/t12-/m1/s1. The minimum absolute atomic E-state index is 0.232. The van der Waals surface area contributed by atoms with E-state index in [0.717, 1.165) is 0 Å². The Hall–Kier alpha value is -2.35.